The van der Waals surface area contributed by atoms with Crippen molar-refractivity contribution < 1.29 is 0 Å². The molecule has 0 saturated carbocycles. The van der Waals surface area contributed by atoms with Crippen molar-refractivity contribution in [1.82, 2.24) is 4.98 Å². The van der Waals surface area contributed by atoms with Crippen LogP contribution in [0.5, 0.6) is 0 Å². The number of hydrogen-bond acceptors (Lipinski definition) is 3. The Hall–Kier alpha value is -1.58. The summed E-state index contributed by atoms with van der Waals surface area (Å²) in [7, 11) is 3.86. The van der Waals surface area contributed by atoms with Gasteiger partial charge in [0.15, 0.2) is 0 Å². The van der Waals surface area contributed by atoms with Crippen LogP contribution in [0.1, 0.15) is 5.69 Å². The maximum absolute atomic E-state index is 7.17. The van der Waals surface area contributed by atoms with E-state index in [1.165, 1.54) is 0 Å². The van der Waals surface area contributed by atoms with E-state index in [1.54, 1.807) is 12.3 Å². The van der Waals surface area contributed by atoms with Crippen molar-refractivity contribution in [3.05, 3.63) is 24.0 Å². The van der Waals surface area contributed by atoms with Gasteiger partial charge in [-0.3, -0.25) is 10.4 Å². The molecule has 0 saturated heterocycles. The molecule has 1 rings (SSSR count). The summed E-state index contributed by atoms with van der Waals surface area (Å²) >= 11 is 0. The fourth-order valence-electron chi connectivity index (χ4n) is 0.845. The molecular weight excluding hydrogens is 152 g/mol. The minimum absolute atomic E-state index is 0.00120. The first-order valence-electron chi connectivity index (χ1n) is 3.59. The first kappa shape index (κ1) is 8.52. The van der Waals surface area contributed by atoms with E-state index in [-0.39, 0.29) is 5.84 Å². The van der Waals surface area contributed by atoms with Gasteiger partial charge in [-0.2, -0.15) is 0 Å². The molecule has 0 aliphatic heterocycles. The second-order valence-corrected chi connectivity index (χ2v) is 2.71. The lowest BCUT2D eigenvalue weighted by molar-refractivity contribution is 1.11. The number of nitrogens with one attached hydrogen (secondary N) is 1. The predicted octanol–water partition coefficient (Wildman–Crippen LogP) is 0.432. The molecule has 0 unspecified atom stereocenters. The number of rotatable bonds is 2. The highest BCUT2D eigenvalue weighted by molar-refractivity contribution is 5.93. The van der Waals surface area contributed by atoms with Gasteiger partial charge in [-0.15, -0.1) is 0 Å². The summed E-state index contributed by atoms with van der Waals surface area (Å²) in [5.74, 6) is -0.00120. The number of anilines is 1. The van der Waals surface area contributed by atoms with E-state index in [0.717, 1.165) is 5.69 Å². The number of nitrogens with two attached hydrogens (primary N) is 1. The molecule has 0 aliphatic rings. The van der Waals surface area contributed by atoms with Gasteiger partial charge in [0, 0.05) is 26.0 Å². The van der Waals surface area contributed by atoms with Crippen LogP contribution in [0.25, 0.3) is 0 Å². The lowest BCUT2D eigenvalue weighted by Gasteiger charge is -2.12. The summed E-state index contributed by atoms with van der Waals surface area (Å²) in [6.07, 6.45) is 1.64. The molecule has 0 radical (unpaired) electrons. The summed E-state index contributed by atoms with van der Waals surface area (Å²) in [6.45, 7) is 0. The number of pyridine rings is 1. The molecule has 3 N–H and O–H groups in total. The van der Waals surface area contributed by atoms with E-state index in [1.807, 2.05) is 25.1 Å². The van der Waals surface area contributed by atoms with Crippen LogP contribution in [-0.2, 0) is 0 Å². The largest absolute Gasteiger partial charge is 0.382 e. The second-order valence-electron chi connectivity index (χ2n) is 2.71. The fraction of sp³-hybridized carbons (Fsp3) is 0.250. The van der Waals surface area contributed by atoms with Crippen molar-refractivity contribution in [1.29, 1.82) is 5.41 Å². The highest BCUT2D eigenvalue weighted by Crippen LogP contribution is 2.09. The van der Waals surface area contributed by atoms with Crippen molar-refractivity contribution in [2.75, 3.05) is 19.0 Å². The Morgan fingerprint density at radius 2 is 2.25 bits per heavy atom. The van der Waals surface area contributed by atoms with Gasteiger partial charge in [0.2, 0.25) is 0 Å². The number of aromatic nitrogens is 1. The average Bonchev–Trinajstić information content (AvgIpc) is 2.04. The highest BCUT2D eigenvalue weighted by Gasteiger charge is 2.00. The molecule has 12 heavy (non-hydrogen) atoms. The Kier molecular flexibility index (Phi) is 2.28. The summed E-state index contributed by atoms with van der Waals surface area (Å²) in [4.78, 5) is 5.88. The summed E-state index contributed by atoms with van der Waals surface area (Å²) in [5, 5.41) is 7.17. The van der Waals surface area contributed by atoms with E-state index in [0.29, 0.717) is 5.69 Å². The average molecular weight is 164 g/mol. The number of nitrogens with zero attached hydrogens (tertiary/aromatic N) is 2. The quantitative estimate of drug-likeness (QED) is 0.492. The van der Waals surface area contributed by atoms with Crippen LogP contribution in [0.4, 0.5) is 5.69 Å². The van der Waals surface area contributed by atoms with Crippen molar-refractivity contribution in [2.45, 2.75) is 0 Å². The Labute approximate surface area is 71.5 Å². The van der Waals surface area contributed by atoms with Gasteiger partial charge in [0.05, 0.1) is 0 Å². The first-order chi connectivity index (χ1) is 5.61. The maximum atomic E-state index is 7.17. The molecule has 0 spiro atoms. The molecule has 64 valence electrons. The number of hydrogen-bond donors (Lipinski definition) is 2. The molecule has 0 aromatic carbocycles. The smallest absolute Gasteiger partial charge is 0.141 e. The monoisotopic (exact) mass is 164 g/mol. The topological polar surface area (TPSA) is 66.0 Å². The molecule has 0 bridgehead atoms. The third-order valence-electron chi connectivity index (χ3n) is 1.54. The Balaban J connectivity index is 3.04. The first-order valence-corrected chi connectivity index (χ1v) is 3.59. The van der Waals surface area contributed by atoms with Gasteiger partial charge in [-0.05, 0) is 12.1 Å². The minimum Gasteiger partial charge on any atom is -0.382 e. The van der Waals surface area contributed by atoms with Gasteiger partial charge < -0.3 is 10.6 Å². The molecule has 0 atom stereocenters. The Bertz CT molecular complexity index is 293. The van der Waals surface area contributed by atoms with Gasteiger partial charge in [-0.1, -0.05) is 0 Å². The van der Waals surface area contributed by atoms with Crippen LogP contribution in [0.2, 0.25) is 0 Å². The minimum atomic E-state index is -0.00120. The second kappa shape index (κ2) is 3.21. The van der Waals surface area contributed by atoms with Gasteiger partial charge >= 0.3 is 0 Å². The van der Waals surface area contributed by atoms with Crippen LogP contribution in [-0.4, -0.2) is 24.9 Å². The van der Waals surface area contributed by atoms with E-state index < -0.39 is 0 Å². The Morgan fingerprint density at radius 1 is 1.58 bits per heavy atom. The molecule has 1 aromatic heterocycles. The zero-order valence-corrected chi connectivity index (χ0v) is 7.20. The van der Waals surface area contributed by atoms with E-state index in [2.05, 4.69) is 4.98 Å². The molecule has 4 heteroatoms. The lowest BCUT2D eigenvalue weighted by Crippen LogP contribution is -2.15. The third kappa shape index (κ3) is 1.72. The SMILES string of the molecule is CN(C)c1ccnc(C(=N)N)c1. The van der Waals surface area contributed by atoms with Gasteiger partial charge in [0.1, 0.15) is 11.5 Å². The summed E-state index contributed by atoms with van der Waals surface area (Å²) < 4.78 is 0. The molecule has 1 heterocycles. The molecule has 0 aliphatic carbocycles. The number of nitrogen functional groups attached to an aromatic ring is 1. The zero-order valence-electron chi connectivity index (χ0n) is 7.20. The van der Waals surface area contributed by atoms with E-state index in [9.17, 15) is 0 Å². The van der Waals surface area contributed by atoms with E-state index in [4.69, 9.17) is 11.1 Å². The molecular formula is C8H12N4. The fourth-order valence-corrected chi connectivity index (χ4v) is 0.845. The van der Waals surface area contributed by atoms with Crippen LogP contribution < -0.4 is 10.6 Å². The van der Waals surface area contributed by atoms with Crippen molar-refractivity contribution >= 4 is 11.5 Å². The lowest BCUT2D eigenvalue weighted by atomic mass is 10.3. The summed E-state index contributed by atoms with van der Waals surface area (Å²) in [6, 6.07) is 3.65. The van der Waals surface area contributed by atoms with Crippen LogP contribution >= 0.6 is 0 Å². The predicted molar refractivity (Wildman–Crippen MR) is 49.6 cm³/mol. The van der Waals surface area contributed by atoms with Crippen LogP contribution in [0, 0.1) is 5.41 Å². The third-order valence-corrected chi connectivity index (χ3v) is 1.54. The van der Waals surface area contributed by atoms with Crippen molar-refractivity contribution in [2.24, 2.45) is 5.73 Å². The van der Waals surface area contributed by atoms with Gasteiger partial charge in [0.25, 0.3) is 0 Å². The molecule has 1 aromatic rings. The maximum Gasteiger partial charge on any atom is 0.141 e. The molecule has 0 amide bonds. The Morgan fingerprint density at radius 3 is 2.75 bits per heavy atom. The standard InChI is InChI=1S/C8H12N4/c1-12(2)6-3-4-11-7(5-6)8(9)10/h3-5H,1-2H3,(H3,9,10). The van der Waals surface area contributed by atoms with E-state index >= 15 is 0 Å². The number of amidine groups is 1. The van der Waals surface area contributed by atoms with Crippen molar-refractivity contribution in [3.63, 3.8) is 0 Å². The normalized spacial score (nSPS) is 9.50. The molecule has 4 nitrogen and oxygen atoms in total. The van der Waals surface area contributed by atoms with Gasteiger partial charge in [-0.25, -0.2) is 0 Å². The van der Waals surface area contributed by atoms with Crippen molar-refractivity contribution in [3.8, 4) is 0 Å². The summed E-state index contributed by atoms with van der Waals surface area (Å²) in [5.41, 5.74) is 6.80. The zero-order chi connectivity index (χ0) is 9.14. The highest BCUT2D eigenvalue weighted by atomic mass is 15.1. The van der Waals surface area contributed by atoms with Crippen LogP contribution in [0.15, 0.2) is 18.3 Å². The van der Waals surface area contributed by atoms with Crippen LogP contribution in [0.3, 0.4) is 0 Å². The molecule has 0 fully saturated rings.